The number of nitrogens with zero attached hydrogens (tertiary/aromatic N) is 1. The normalized spacial score (nSPS) is 17.9. The van der Waals surface area contributed by atoms with Crippen molar-refractivity contribution in [1.82, 2.24) is 0 Å². The molecule has 2 aromatic carbocycles. The lowest BCUT2D eigenvalue weighted by Gasteiger charge is -2.16. The molecule has 0 unspecified atom stereocenters. The highest BCUT2D eigenvalue weighted by atomic mass is 35.5. The van der Waals surface area contributed by atoms with Gasteiger partial charge in [-0.15, -0.1) is 0 Å². The minimum Gasteiger partial charge on any atom is -0.373 e. The van der Waals surface area contributed by atoms with Crippen molar-refractivity contribution in [3.63, 3.8) is 0 Å². The van der Waals surface area contributed by atoms with Crippen LogP contribution in [0, 0.1) is 0 Å². The lowest BCUT2D eigenvalue weighted by atomic mass is 10.2. The van der Waals surface area contributed by atoms with Crippen molar-refractivity contribution < 1.29 is 9.59 Å². The molecular formula is C16H12Cl2N2O2. The standard InChI is InChI=1S/C16H12Cl2N2O2/c17-10-4-6-13(7-5-10)20-15(21)9-14(16(20)22)19-12-3-1-2-11(18)8-12/h1-8,14,19H,9H2/t14-/m1/s1. The number of anilines is 2. The minimum atomic E-state index is -0.596. The minimum absolute atomic E-state index is 0.105. The molecule has 6 heteroatoms. The third kappa shape index (κ3) is 2.93. The second-order valence-electron chi connectivity index (χ2n) is 4.96. The lowest BCUT2D eigenvalue weighted by molar-refractivity contribution is -0.121. The van der Waals surface area contributed by atoms with Crippen LogP contribution in [0.25, 0.3) is 0 Å². The maximum atomic E-state index is 12.5. The van der Waals surface area contributed by atoms with Crippen LogP contribution in [0.1, 0.15) is 6.42 Å². The Kier molecular flexibility index (Phi) is 4.05. The monoisotopic (exact) mass is 334 g/mol. The van der Waals surface area contributed by atoms with Crippen LogP contribution in [0.15, 0.2) is 48.5 Å². The Morgan fingerprint density at radius 2 is 1.73 bits per heavy atom. The van der Waals surface area contributed by atoms with Gasteiger partial charge in [0.1, 0.15) is 6.04 Å². The van der Waals surface area contributed by atoms with E-state index in [4.69, 9.17) is 23.2 Å². The van der Waals surface area contributed by atoms with Crippen molar-refractivity contribution in [3.05, 3.63) is 58.6 Å². The van der Waals surface area contributed by atoms with Crippen LogP contribution in [-0.2, 0) is 9.59 Å². The zero-order valence-electron chi connectivity index (χ0n) is 11.4. The molecule has 1 fully saturated rings. The number of hydrogen-bond acceptors (Lipinski definition) is 3. The van der Waals surface area contributed by atoms with Crippen molar-refractivity contribution >= 4 is 46.4 Å². The van der Waals surface area contributed by atoms with Crippen molar-refractivity contribution in [1.29, 1.82) is 0 Å². The van der Waals surface area contributed by atoms with Gasteiger partial charge < -0.3 is 5.32 Å². The number of carbonyl (C=O) groups excluding carboxylic acids is 2. The molecule has 4 nitrogen and oxygen atoms in total. The molecule has 1 atom stereocenters. The van der Waals surface area contributed by atoms with Crippen molar-refractivity contribution in [2.45, 2.75) is 12.5 Å². The summed E-state index contributed by atoms with van der Waals surface area (Å²) in [4.78, 5) is 25.8. The van der Waals surface area contributed by atoms with E-state index >= 15 is 0 Å². The van der Waals surface area contributed by atoms with Gasteiger partial charge in [0.05, 0.1) is 12.1 Å². The first-order valence-electron chi connectivity index (χ1n) is 6.69. The number of halogens is 2. The molecule has 1 saturated heterocycles. The van der Waals surface area contributed by atoms with Crippen molar-refractivity contribution in [3.8, 4) is 0 Å². The summed E-state index contributed by atoms with van der Waals surface area (Å²) < 4.78 is 0. The van der Waals surface area contributed by atoms with Crippen LogP contribution in [0.5, 0.6) is 0 Å². The zero-order valence-corrected chi connectivity index (χ0v) is 12.9. The first kappa shape index (κ1) is 14.9. The Morgan fingerprint density at radius 3 is 2.41 bits per heavy atom. The quantitative estimate of drug-likeness (QED) is 0.870. The molecule has 0 bridgehead atoms. The SMILES string of the molecule is O=C1C[C@@H](Nc2cccc(Cl)c2)C(=O)N1c1ccc(Cl)cc1. The van der Waals surface area contributed by atoms with Crippen LogP contribution in [0.4, 0.5) is 11.4 Å². The predicted octanol–water partition coefficient (Wildman–Crippen LogP) is 3.74. The van der Waals surface area contributed by atoms with E-state index in [1.54, 1.807) is 48.5 Å². The third-order valence-corrected chi connectivity index (χ3v) is 3.88. The van der Waals surface area contributed by atoms with Gasteiger partial charge in [-0.25, -0.2) is 4.90 Å². The Morgan fingerprint density at radius 1 is 1.00 bits per heavy atom. The van der Waals surface area contributed by atoms with Gasteiger partial charge in [0.15, 0.2) is 0 Å². The van der Waals surface area contributed by atoms with Crippen molar-refractivity contribution in [2.24, 2.45) is 0 Å². The zero-order chi connectivity index (χ0) is 15.7. The highest BCUT2D eigenvalue weighted by Gasteiger charge is 2.39. The molecule has 2 aromatic rings. The average molecular weight is 335 g/mol. The first-order valence-corrected chi connectivity index (χ1v) is 7.44. The molecule has 1 aliphatic heterocycles. The summed E-state index contributed by atoms with van der Waals surface area (Å²) in [5.74, 6) is -0.529. The van der Waals surface area contributed by atoms with E-state index in [2.05, 4.69) is 5.32 Å². The third-order valence-electron chi connectivity index (χ3n) is 3.40. The molecule has 1 heterocycles. The number of amides is 2. The summed E-state index contributed by atoms with van der Waals surface area (Å²) in [5.41, 5.74) is 1.23. The van der Waals surface area contributed by atoms with E-state index in [1.807, 2.05) is 0 Å². The number of hydrogen-bond donors (Lipinski definition) is 1. The van der Waals surface area contributed by atoms with E-state index in [0.29, 0.717) is 21.4 Å². The fourth-order valence-corrected chi connectivity index (χ4v) is 2.70. The van der Waals surface area contributed by atoms with Gasteiger partial charge in [0.25, 0.3) is 5.91 Å². The molecule has 1 N–H and O–H groups in total. The Balaban J connectivity index is 1.81. The molecular weight excluding hydrogens is 323 g/mol. The van der Waals surface area contributed by atoms with E-state index in [0.717, 1.165) is 0 Å². The van der Waals surface area contributed by atoms with E-state index in [1.165, 1.54) is 4.90 Å². The van der Waals surface area contributed by atoms with Crippen LogP contribution < -0.4 is 10.2 Å². The van der Waals surface area contributed by atoms with Gasteiger partial charge in [0.2, 0.25) is 5.91 Å². The first-order chi connectivity index (χ1) is 10.5. The Labute approximate surface area is 137 Å². The summed E-state index contributed by atoms with van der Waals surface area (Å²) in [6, 6.07) is 13.0. The number of carbonyl (C=O) groups is 2. The molecule has 2 amide bonds. The van der Waals surface area contributed by atoms with Crippen LogP contribution in [0.3, 0.4) is 0 Å². The van der Waals surface area contributed by atoms with E-state index in [-0.39, 0.29) is 18.2 Å². The highest BCUT2D eigenvalue weighted by Crippen LogP contribution is 2.26. The van der Waals surface area contributed by atoms with Gasteiger partial charge >= 0.3 is 0 Å². The molecule has 0 aliphatic carbocycles. The summed E-state index contributed by atoms with van der Waals surface area (Å²) in [6.07, 6.45) is 0.105. The predicted molar refractivity (Wildman–Crippen MR) is 87.4 cm³/mol. The van der Waals surface area contributed by atoms with E-state index in [9.17, 15) is 9.59 Å². The van der Waals surface area contributed by atoms with Crippen molar-refractivity contribution in [2.75, 3.05) is 10.2 Å². The molecule has 0 saturated carbocycles. The smallest absolute Gasteiger partial charge is 0.256 e. The van der Waals surface area contributed by atoms with Gasteiger partial charge in [-0.3, -0.25) is 9.59 Å². The lowest BCUT2D eigenvalue weighted by Crippen LogP contribution is -2.34. The summed E-state index contributed by atoms with van der Waals surface area (Å²) >= 11 is 11.7. The maximum absolute atomic E-state index is 12.5. The number of rotatable bonds is 3. The summed E-state index contributed by atoms with van der Waals surface area (Å²) in [7, 11) is 0. The Bertz CT molecular complexity index is 731. The summed E-state index contributed by atoms with van der Waals surface area (Å²) in [5, 5.41) is 4.17. The topological polar surface area (TPSA) is 49.4 Å². The van der Waals surface area contributed by atoms with Crippen LogP contribution in [-0.4, -0.2) is 17.9 Å². The van der Waals surface area contributed by atoms with Crippen LogP contribution in [0.2, 0.25) is 10.0 Å². The van der Waals surface area contributed by atoms with Gasteiger partial charge in [0, 0.05) is 15.7 Å². The molecule has 0 aromatic heterocycles. The molecule has 0 radical (unpaired) electrons. The van der Waals surface area contributed by atoms with Crippen LogP contribution >= 0.6 is 23.2 Å². The van der Waals surface area contributed by atoms with Gasteiger partial charge in [-0.05, 0) is 42.5 Å². The second-order valence-corrected chi connectivity index (χ2v) is 5.83. The molecule has 1 aliphatic rings. The fraction of sp³-hybridized carbons (Fsp3) is 0.125. The number of imide groups is 1. The Hall–Kier alpha value is -2.04. The fourth-order valence-electron chi connectivity index (χ4n) is 2.39. The van der Waals surface area contributed by atoms with Gasteiger partial charge in [-0.1, -0.05) is 29.3 Å². The largest absolute Gasteiger partial charge is 0.373 e. The van der Waals surface area contributed by atoms with E-state index < -0.39 is 6.04 Å². The van der Waals surface area contributed by atoms with Gasteiger partial charge in [-0.2, -0.15) is 0 Å². The maximum Gasteiger partial charge on any atom is 0.256 e. The summed E-state index contributed by atoms with van der Waals surface area (Å²) in [6.45, 7) is 0. The molecule has 22 heavy (non-hydrogen) atoms. The average Bonchev–Trinajstić information content (AvgIpc) is 2.75. The highest BCUT2D eigenvalue weighted by molar-refractivity contribution is 6.31. The second kappa shape index (κ2) is 5.99. The molecule has 3 rings (SSSR count). The molecule has 112 valence electrons. The number of nitrogens with one attached hydrogen (secondary N) is 1. The molecule has 0 spiro atoms. The number of benzene rings is 2.